The average molecular weight is 482 g/mol. The molecule has 2 aromatic rings. The molecule has 7 heteroatoms. The molecular formula is C20H27IN4O2. The molecule has 0 saturated carbocycles. The van der Waals surface area contributed by atoms with Crippen LogP contribution in [-0.2, 0) is 19.5 Å². The minimum atomic E-state index is 0. The maximum absolute atomic E-state index is 5.88. The van der Waals surface area contributed by atoms with Gasteiger partial charge in [0, 0.05) is 37.3 Å². The van der Waals surface area contributed by atoms with E-state index in [2.05, 4.69) is 39.7 Å². The molecule has 0 aliphatic carbocycles. The minimum Gasteiger partial charge on any atom is -0.494 e. The van der Waals surface area contributed by atoms with Crippen molar-refractivity contribution in [2.24, 2.45) is 4.99 Å². The zero-order valence-corrected chi connectivity index (χ0v) is 18.3. The number of aromatic nitrogens is 1. The predicted molar refractivity (Wildman–Crippen MR) is 118 cm³/mol. The molecular weight excluding hydrogens is 455 g/mol. The lowest BCUT2D eigenvalue weighted by Gasteiger charge is -2.15. The van der Waals surface area contributed by atoms with Gasteiger partial charge in [-0.2, -0.15) is 0 Å². The molecule has 1 aliphatic heterocycles. The van der Waals surface area contributed by atoms with Crippen molar-refractivity contribution < 1.29 is 9.47 Å². The van der Waals surface area contributed by atoms with Crippen LogP contribution in [0.5, 0.6) is 11.5 Å². The highest BCUT2D eigenvalue weighted by molar-refractivity contribution is 14.0. The van der Waals surface area contributed by atoms with E-state index < -0.39 is 0 Å². The first-order chi connectivity index (χ1) is 12.7. The monoisotopic (exact) mass is 482 g/mol. The van der Waals surface area contributed by atoms with Crippen LogP contribution in [0, 0.1) is 0 Å². The first-order valence-electron chi connectivity index (χ1n) is 8.99. The molecule has 2 N–H and O–H groups in total. The molecule has 1 unspecified atom stereocenters. The summed E-state index contributed by atoms with van der Waals surface area (Å²) in [5.74, 6) is 2.57. The van der Waals surface area contributed by atoms with Gasteiger partial charge in [0.15, 0.2) is 5.96 Å². The zero-order chi connectivity index (χ0) is 18.4. The van der Waals surface area contributed by atoms with E-state index in [1.165, 1.54) is 5.56 Å². The average Bonchev–Trinajstić information content (AvgIpc) is 3.01. The number of pyridine rings is 1. The minimum absolute atomic E-state index is 0. The van der Waals surface area contributed by atoms with E-state index in [0.29, 0.717) is 25.7 Å². The fourth-order valence-electron chi connectivity index (χ4n) is 2.99. The Balaban J connectivity index is 0.00000261. The van der Waals surface area contributed by atoms with Gasteiger partial charge < -0.3 is 20.1 Å². The quantitative estimate of drug-likeness (QED) is 0.376. The fourth-order valence-corrected chi connectivity index (χ4v) is 2.99. The predicted octanol–water partition coefficient (Wildman–Crippen LogP) is 3.29. The van der Waals surface area contributed by atoms with E-state index in [0.717, 1.165) is 29.2 Å². The number of nitrogens with one attached hydrogen (secondary N) is 2. The van der Waals surface area contributed by atoms with Gasteiger partial charge in [-0.15, -0.1) is 24.0 Å². The maximum Gasteiger partial charge on any atom is 0.191 e. The zero-order valence-electron chi connectivity index (χ0n) is 16.0. The molecule has 146 valence electrons. The van der Waals surface area contributed by atoms with Crippen molar-refractivity contribution in [3.05, 3.63) is 53.3 Å². The van der Waals surface area contributed by atoms with Crippen molar-refractivity contribution in [2.75, 3.05) is 13.7 Å². The van der Waals surface area contributed by atoms with Gasteiger partial charge in [-0.3, -0.25) is 9.98 Å². The van der Waals surface area contributed by atoms with Crippen LogP contribution in [-0.4, -0.2) is 30.7 Å². The number of hydrogen-bond acceptors (Lipinski definition) is 4. The molecule has 1 aromatic heterocycles. The molecule has 1 aromatic carbocycles. The van der Waals surface area contributed by atoms with Gasteiger partial charge in [0.2, 0.25) is 0 Å². The Morgan fingerprint density at radius 2 is 2.11 bits per heavy atom. The number of ether oxygens (including phenoxy) is 2. The van der Waals surface area contributed by atoms with Gasteiger partial charge in [0.05, 0.1) is 18.8 Å². The number of fused-ring (bicyclic) bond motifs is 1. The number of rotatable bonds is 6. The molecule has 3 rings (SSSR count). The van der Waals surface area contributed by atoms with Crippen LogP contribution >= 0.6 is 24.0 Å². The van der Waals surface area contributed by atoms with Crippen LogP contribution in [0.2, 0.25) is 0 Å². The summed E-state index contributed by atoms with van der Waals surface area (Å²) in [5, 5.41) is 6.60. The van der Waals surface area contributed by atoms with Crippen molar-refractivity contribution in [3.63, 3.8) is 0 Å². The van der Waals surface area contributed by atoms with E-state index in [9.17, 15) is 0 Å². The molecule has 1 aliphatic rings. The molecule has 0 bridgehead atoms. The number of halogens is 1. The Morgan fingerprint density at radius 3 is 2.81 bits per heavy atom. The number of hydrogen-bond donors (Lipinski definition) is 2. The fraction of sp³-hybridized carbons (Fsp3) is 0.400. The van der Waals surface area contributed by atoms with Crippen LogP contribution in [0.15, 0.2) is 41.5 Å². The molecule has 2 heterocycles. The van der Waals surface area contributed by atoms with Crippen LogP contribution in [0.3, 0.4) is 0 Å². The lowest BCUT2D eigenvalue weighted by molar-refractivity contribution is 0.254. The molecule has 0 radical (unpaired) electrons. The van der Waals surface area contributed by atoms with Crippen molar-refractivity contribution in [2.45, 2.75) is 39.5 Å². The van der Waals surface area contributed by atoms with Crippen molar-refractivity contribution in [1.82, 2.24) is 15.6 Å². The third-order valence-corrected chi connectivity index (χ3v) is 4.21. The smallest absolute Gasteiger partial charge is 0.191 e. The summed E-state index contributed by atoms with van der Waals surface area (Å²) in [5.41, 5.74) is 3.23. The normalized spacial score (nSPS) is 15.4. The lowest BCUT2D eigenvalue weighted by atomic mass is 10.1. The van der Waals surface area contributed by atoms with Crippen molar-refractivity contribution in [1.29, 1.82) is 0 Å². The van der Waals surface area contributed by atoms with Gasteiger partial charge in [0.25, 0.3) is 0 Å². The Hall–Kier alpha value is -2.03. The summed E-state index contributed by atoms with van der Waals surface area (Å²) < 4.78 is 11.7. The molecule has 6 nitrogen and oxygen atoms in total. The Kier molecular flexibility index (Phi) is 8.15. The van der Waals surface area contributed by atoms with E-state index >= 15 is 0 Å². The van der Waals surface area contributed by atoms with E-state index in [-0.39, 0.29) is 30.1 Å². The molecule has 27 heavy (non-hydrogen) atoms. The number of guanidine groups is 1. The number of benzene rings is 1. The van der Waals surface area contributed by atoms with Crippen LogP contribution in [0.25, 0.3) is 0 Å². The van der Waals surface area contributed by atoms with Crippen LogP contribution < -0.4 is 20.1 Å². The summed E-state index contributed by atoms with van der Waals surface area (Å²) in [7, 11) is 1.75. The SMILES string of the molecule is CCOc1cc2c(cc1CNC(=NC)NCc1ccccn1)OC(C)C2.I. The second-order valence-electron chi connectivity index (χ2n) is 6.23. The van der Waals surface area contributed by atoms with Crippen LogP contribution in [0.4, 0.5) is 0 Å². The maximum atomic E-state index is 5.88. The Labute approximate surface area is 177 Å². The summed E-state index contributed by atoms with van der Waals surface area (Å²) in [6.07, 6.45) is 2.93. The van der Waals surface area contributed by atoms with Gasteiger partial charge in [-0.1, -0.05) is 6.07 Å². The molecule has 0 saturated heterocycles. The summed E-state index contributed by atoms with van der Waals surface area (Å²) in [6, 6.07) is 10.0. The lowest BCUT2D eigenvalue weighted by Crippen LogP contribution is -2.36. The summed E-state index contributed by atoms with van der Waals surface area (Å²) >= 11 is 0. The highest BCUT2D eigenvalue weighted by Gasteiger charge is 2.21. The Bertz CT molecular complexity index is 768. The Morgan fingerprint density at radius 1 is 1.30 bits per heavy atom. The van der Waals surface area contributed by atoms with Crippen LogP contribution in [0.1, 0.15) is 30.7 Å². The van der Waals surface area contributed by atoms with Gasteiger partial charge in [-0.05, 0) is 38.1 Å². The first kappa shape index (κ1) is 21.3. The highest BCUT2D eigenvalue weighted by atomic mass is 127. The summed E-state index contributed by atoms with van der Waals surface area (Å²) in [4.78, 5) is 8.58. The first-order valence-corrected chi connectivity index (χ1v) is 8.99. The largest absolute Gasteiger partial charge is 0.494 e. The topological polar surface area (TPSA) is 67.8 Å². The molecule has 0 amide bonds. The van der Waals surface area contributed by atoms with E-state index in [1.807, 2.05) is 25.1 Å². The molecule has 0 spiro atoms. The second kappa shape index (κ2) is 10.3. The third-order valence-electron chi connectivity index (χ3n) is 4.21. The van der Waals surface area contributed by atoms with Gasteiger partial charge in [0.1, 0.15) is 17.6 Å². The van der Waals surface area contributed by atoms with E-state index in [4.69, 9.17) is 9.47 Å². The molecule has 1 atom stereocenters. The van der Waals surface area contributed by atoms with Gasteiger partial charge in [-0.25, -0.2) is 0 Å². The highest BCUT2D eigenvalue weighted by Crippen LogP contribution is 2.35. The second-order valence-corrected chi connectivity index (χ2v) is 6.23. The standard InChI is InChI=1S/C20H26N4O2.HI/c1-4-25-18-10-15-9-14(2)26-19(15)11-16(18)12-23-20(21-3)24-13-17-7-5-6-8-22-17;/h5-8,10-11,14H,4,9,12-13H2,1-3H3,(H2,21,23,24);1H. The van der Waals surface area contributed by atoms with Gasteiger partial charge >= 0.3 is 0 Å². The van der Waals surface area contributed by atoms with Crippen molar-refractivity contribution >= 4 is 29.9 Å². The summed E-state index contributed by atoms with van der Waals surface area (Å²) in [6.45, 7) is 5.93. The van der Waals surface area contributed by atoms with Crippen molar-refractivity contribution in [3.8, 4) is 11.5 Å². The third kappa shape index (κ3) is 5.72. The molecule has 0 fully saturated rings. The number of aliphatic imine (C=N–C) groups is 1. The number of nitrogens with zero attached hydrogens (tertiary/aromatic N) is 2. The van der Waals surface area contributed by atoms with E-state index in [1.54, 1.807) is 13.2 Å².